The highest BCUT2D eigenvalue weighted by Gasteiger charge is 2.16. The van der Waals surface area contributed by atoms with Crippen molar-refractivity contribution in [3.05, 3.63) is 56.7 Å². The molecule has 1 aromatic heterocycles. The molecule has 28 heavy (non-hydrogen) atoms. The first kappa shape index (κ1) is 20.5. The van der Waals surface area contributed by atoms with Crippen LogP contribution in [0.3, 0.4) is 0 Å². The number of hydrogen-bond donors (Lipinski definition) is 1. The van der Waals surface area contributed by atoms with Crippen molar-refractivity contribution >= 4 is 57.3 Å². The Morgan fingerprint density at radius 2 is 1.82 bits per heavy atom. The van der Waals surface area contributed by atoms with Crippen molar-refractivity contribution in [1.29, 1.82) is 0 Å². The smallest absolute Gasteiger partial charge is 0.262 e. The minimum absolute atomic E-state index is 0.267. The van der Waals surface area contributed by atoms with Gasteiger partial charge in [-0.3, -0.25) is 4.79 Å². The first-order chi connectivity index (χ1) is 13.3. The lowest BCUT2D eigenvalue weighted by Gasteiger charge is -2.14. The highest BCUT2D eigenvalue weighted by atomic mass is 35.5. The molecule has 5 nitrogen and oxygen atoms in total. The molecular weight excluding hydrogens is 423 g/mol. The van der Waals surface area contributed by atoms with Crippen LogP contribution < -0.4 is 14.8 Å². The summed E-state index contributed by atoms with van der Waals surface area (Å²) in [6, 6.07) is 8.62. The van der Waals surface area contributed by atoms with Gasteiger partial charge in [-0.1, -0.05) is 34.8 Å². The van der Waals surface area contributed by atoms with Crippen molar-refractivity contribution in [2.24, 2.45) is 0 Å². The fourth-order valence-electron chi connectivity index (χ4n) is 2.68. The van der Waals surface area contributed by atoms with Crippen LogP contribution in [0.25, 0.3) is 10.9 Å². The van der Waals surface area contributed by atoms with Crippen LogP contribution >= 0.6 is 34.8 Å². The molecule has 1 heterocycles. The number of amides is 1. The van der Waals surface area contributed by atoms with Gasteiger partial charge in [0.25, 0.3) is 5.91 Å². The Morgan fingerprint density at radius 3 is 2.54 bits per heavy atom. The fourth-order valence-corrected chi connectivity index (χ4v) is 3.41. The third kappa shape index (κ3) is 4.27. The zero-order valence-corrected chi connectivity index (χ0v) is 17.7. The van der Waals surface area contributed by atoms with Gasteiger partial charge in [0.05, 0.1) is 22.8 Å². The molecule has 0 aliphatic heterocycles. The first-order valence-electron chi connectivity index (χ1n) is 8.32. The zero-order valence-electron chi connectivity index (χ0n) is 15.4. The number of rotatable bonds is 5. The molecule has 0 unspecified atom stereocenters. The Hall–Kier alpha value is -2.21. The molecule has 0 radical (unpaired) electrons. The van der Waals surface area contributed by atoms with Gasteiger partial charge in [-0.05, 0) is 43.7 Å². The standard InChI is InChI=1S/C20H17Cl3N2O3/c1-10-6-16(17(27-3)8-13(10)21)25-18(26)9-28-20-15(23)7-14(22)12-5-4-11(2)24-19(12)20/h4-8H,9H2,1-3H3,(H,25,26). The van der Waals surface area contributed by atoms with Crippen molar-refractivity contribution < 1.29 is 14.3 Å². The molecule has 0 saturated heterocycles. The van der Waals surface area contributed by atoms with Gasteiger partial charge in [-0.25, -0.2) is 4.98 Å². The number of aryl methyl sites for hydroxylation is 2. The van der Waals surface area contributed by atoms with E-state index in [0.717, 1.165) is 11.3 Å². The minimum atomic E-state index is -0.383. The molecule has 0 aliphatic rings. The summed E-state index contributed by atoms with van der Waals surface area (Å²) < 4.78 is 11.0. The predicted molar refractivity (Wildman–Crippen MR) is 113 cm³/mol. The van der Waals surface area contributed by atoms with E-state index in [1.807, 2.05) is 26.0 Å². The monoisotopic (exact) mass is 438 g/mol. The van der Waals surface area contributed by atoms with Crippen LogP contribution in [-0.2, 0) is 4.79 Å². The van der Waals surface area contributed by atoms with Gasteiger partial charge in [-0.2, -0.15) is 0 Å². The van der Waals surface area contributed by atoms with Crippen LogP contribution in [0.15, 0.2) is 30.3 Å². The maximum Gasteiger partial charge on any atom is 0.262 e. The topological polar surface area (TPSA) is 60.5 Å². The van der Waals surface area contributed by atoms with Crippen molar-refractivity contribution in [1.82, 2.24) is 4.98 Å². The molecule has 0 aliphatic carbocycles. The number of pyridine rings is 1. The van der Waals surface area contributed by atoms with E-state index in [0.29, 0.717) is 38.1 Å². The van der Waals surface area contributed by atoms with Crippen molar-refractivity contribution in [3.8, 4) is 11.5 Å². The summed E-state index contributed by atoms with van der Waals surface area (Å²) in [5, 5.41) is 4.74. The van der Waals surface area contributed by atoms with Crippen LogP contribution in [0.4, 0.5) is 5.69 Å². The Kier molecular flexibility index (Phi) is 6.18. The molecule has 3 rings (SSSR count). The first-order valence-corrected chi connectivity index (χ1v) is 9.45. The number of carbonyl (C=O) groups excluding carboxylic acids is 1. The number of anilines is 1. The highest BCUT2D eigenvalue weighted by molar-refractivity contribution is 6.39. The minimum Gasteiger partial charge on any atom is -0.495 e. The van der Waals surface area contributed by atoms with E-state index in [2.05, 4.69) is 10.3 Å². The van der Waals surface area contributed by atoms with Gasteiger partial charge in [0, 0.05) is 22.2 Å². The number of benzene rings is 2. The Balaban J connectivity index is 1.82. The molecular formula is C20H17Cl3N2O3. The molecule has 1 amide bonds. The second-order valence-electron chi connectivity index (χ2n) is 6.16. The quantitative estimate of drug-likeness (QED) is 0.542. The number of carbonyl (C=O) groups is 1. The van der Waals surface area contributed by atoms with Crippen molar-refractivity contribution in [2.45, 2.75) is 13.8 Å². The summed E-state index contributed by atoms with van der Waals surface area (Å²) in [6.45, 7) is 3.42. The number of methoxy groups -OCH3 is 1. The molecule has 0 bridgehead atoms. The summed E-state index contributed by atoms with van der Waals surface area (Å²) in [5.41, 5.74) is 2.59. The van der Waals surface area contributed by atoms with E-state index >= 15 is 0 Å². The maximum absolute atomic E-state index is 12.4. The molecule has 0 fully saturated rings. The van der Waals surface area contributed by atoms with Gasteiger partial charge in [0.15, 0.2) is 12.4 Å². The van der Waals surface area contributed by atoms with E-state index in [9.17, 15) is 4.79 Å². The van der Waals surface area contributed by atoms with Crippen LogP contribution in [0.1, 0.15) is 11.3 Å². The Labute approximate surface area is 177 Å². The number of nitrogens with zero attached hydrogens (tertiary/aromatic N) is 1. The van der Waals surface area contributed by atoms with E-state index in [1.54, 1.807) is 18.2 Å². The number of halogens is 3. The number of aromatic nitrogens is 1. The summed E-state index contributed by atoms with van der Waals surface area (Å²) in [4.78, 5) is 16.9. The summed E-state index contributed by atoms with van der Waals surface area (Å²) >= 11 is 18.6. The molecule has 0 atom stereocenters. The number of nitrogens with one attached hydrogen (secondary N) is 1. The van der Waals surface area contributed by atoms with Crippen LogP contribution in [0, 0.1) is 13.8 Å². The lowest BCUT2D eigenvalue weighted by atomic mass is 10.2. The number of fused-ring (bicyclic) bond motifs is 1. The SMILES string of the molecule is COc1cc(Cl)c(C)cc1NC(=O)COc1c(Cl)cc(Cl)c2ccc(C)nc12. The number of ether oxygens (including phenoxy) is 2. The van der Waals surface area contributed by atoms with Gasteiger partial charge < -0.3 is 14.8 Å². The van der Waals surface area contributed by atoms with E-state index in [4.69, 9.17) is 44.3 Å². The lowest BCUT2D eigenvalue weighted by molar-refractivity contribution is -0.118. The Bertz CT molecular complexity index is 1070. The van der Waals surface area contributed by atoms with Crippen LogP contribution in [-0.4, -0.2) is 24.6 Å². The Morgan fingerprint density at radius 1 is 1.07 bits per heavy atom. The molecule has 8 heteroatoms. The molecule has 3 aromatic rings. The second kappa shape index (κ2) is 8.43. The molecule has 0 spiro atoms. The summed E-state index contributed by atoms with van der Waals surface area (Å²) in [7, 11) is 1.50. The van der Waals surface area contributed by atoms with Crippen LogP contribution in [0.2, 0.25) is 15.1 Å². The second-order valence-corrected chi connectivity index (χ2v) is 7.38. The highest BCUT2D eigenvalue weighted by Crippen LogP contribution is 2.37. The molecule has 0 saturated carbocycles. The lowest BCUT2D eigenvalue weighted by Crippen LogP contribution is -2.21. The molecule has 2 aromatic carbocycles. The molecule has 1 N–H and O–H groups in total. The van der Waals surface area contributed by atoms with Gasteiger partial charge in [0.2, 0.25) is 0 Å². The van der Waals surface area contributed by atoms with E-state index < -0.39 is 0 Å². The predicted octanol–water partition coefficient (Wildman–Crippen LogP) is 5.84. The fraction of sp³-hybridized carbons (Fsp3) is 0.200. The van der Waals surface area contributed by atoms with Gasteiger partial charge >= 0.3 is 0 Å². The zero-order chi connectivity index (χ0) is 20.4. The molecule has 146 valence electrons. The van der Waals surface area contributed by atoms with Gasteiger partial charge in [0.1, 0.15) is 11.3 Å². The largest absolute Gasteiger partial charge is 0.495 e. The maximum atomic E-state index is 12.4. The summed E-state index contributed by atoms with van der Waals surface area (Å²) in [6.07, 6.45) is 0. The normalized spacial score (nSPS) is 10.8. The summed E-state index contributed by atoms with van der Waals surface area (Å²) in [5.74, 6) is 0.377. The van der Waals surface area contributed by atoms with Crippen LogP contribution in [0.5, 0.6) is 11.5 Å². The van der Waals surface area contributed by atoms with E-state index in [1.165, 1.54) is 7.11 Å². The van der Waals surface area contributed by atoms with E-state index in [-0.39, 0.29) is 17.5 Å². The van der Waals surface area contributed by atoms with Crippen molar-refractivity contribution in [3.63, 3.8) is 0 Å². The third-order valence-corrected chi connectivity index (χ3v) is 5.08. The van der Waals surface area contributed by atoms with Gasteiger partial charge in [-0.15, -0.1) is 0 Å². The van der Waals surface area contributed by atoms with Crippen molar-refractivity contribution in [2.75, 3.05) is 19.0 Å². The average Bonchev–Trinajstić information content (AvgIpc) is 2.64. The average molecular weight is 440 g/mol. The third-order valence-electron chi connectivity index (χ3n) is 4.08. The number of hydrogen-bond acceptors (Lipinski definition) is 4.